The quantitative estimate of drug-likeness (QED) is 0.0518. The number of rotatable bonds is 14. The lowest BCUT2D eigenvalue weighted by molar-refractivity contribution is 0.0846. The van der Waals surface area contributed by atoms with E-state index in [1.54, 1.807) is 86.6 Å². The number of carbonyl (C=O) groups excluding carboxylic acids is 8. The highest BCUT2D eigenvalue weighted by Gasteiger charge is 2.30. The highest BCUT2D eigenvalue weighted by Crippen LogP contribution is 2.35. The van der Waals surface area contributed by atoms with E-state index in [4.69, 9.17) is 0 Å². The molecule has 0 aromatic heterocycles. The number of benzene rings is 8. The van der Waals surface area contributed by atoms with Crippen molar-refractivity contribution in [2.24, 2.45) is 0 Å². The van der Waals surface area contributed by atoms with Gasteiger partial charge in [-0.2, -0.15) is 0 Å². The molecule has 0 aliphatic carbocycles. The summed E-state index contributed by atoms with van der Waals surface area (Å²) in [4.78, 5) is 116. The average molecular weight is 1000 g/mol. The Kier molecular flexibility index (Phi) is 15.4. The number of imide groups is 1. The summed E-state index contributed by atoms with van der Waals surface area (Å²) in [5, 5.41) is 19.0. The Morgan fingerprint density at radius 3 is 0.720 bits per heavy atom. The van der Waals surface area contributed by atoms with Crippen LogP contribution in [0.15, 0.2) is 146 Å². The first-order chi connectivity index (χ1) is 36.0. The van der Waals surface area contributed by atoms with E-state index >= 15 is 9.59 Å². The van der Waals surface area contributed by atoms with Crippen molar-refractivity contribution in [1.29, 1.82) is 0 Å². The highest BCUT2D eigenvalue weighted by atomic mass is 16.2. The second kappa shape index (κ2) is 22.3. The third-order valence-corrected chi connectivity index (χ3v) is 12.3. The molecule has 7 N–H and O–H groups in total. The summed E-state index contributed by atoms with van der Waals surface area (Å²) < 4.78 is 0. The van der Waals surface area contributed by atoms with E-state index in [2.05, 4.69) is 37.2 Å². The van der Waals surface area contributed by atoms with Gasteiger partial charge in [-0.05, 0) is 161 Å². The number of anilines is 4. The van der Waals surface area contributed by atoms with Gasteiger partial charge in [0.15, 0.2) is 0 Å². The second-order valence-corrected chi connectivity index (χ2v) is 17.9. The number of hydrogen-bond acceptors (Lipinski definition) is 8. The topological polar surface area (TPSA) is 221 Å². The summed E-state index contributed by atoms with van der Waals surface area (Å²) in [5.74, 6) is -6.05. The molecule has 0 bridgehead atoms. The van der Waals surface area contributed by atoms with Gasteiger partial charge in [-0.3, -0.25) is 43.7 Å². The van der Waals surface area contributed by atoms with Gasteiger partial charge in [0.1, 0.15) is 0 Å². The lowest BCUT2D eigenvalue weighted by atomic mass is 9.89. The molecule has 8 aromatic rings. The molecule has 0 spiro atoms. The zero-order chi connectivity index (χ0) is 53.5. The number of aryl methyl sites for hydroxylation is 4. The van der Waals surface area contributed by atoms with Crippen molar-refractivity contribution in [2.45, 2.75) is 41.5 Å². The van der Waals surface area contributed by atoms with Gasteiger partial charge in [0, 0.05) is 102 Å². The van der Waals surface area contributed by atoms with Crippen LogP contribution in [0.3, 0.4) is 0 Å². The van der Waals surface area contributed by atoms with Crippen LogP contribution in [0.5, 0.6) is 0 Å². The molecular weight excluding hydrogens is 947 g/mol. The molecule has 0 aliphatic heterocycles. The largest absolute Gasteiger partial charge is 0.352 e. The van der Waals surface area contributed by atoms with Gasteiger partial charge in [0.25, 0.3) is 47.3 Å². The fourth-order valence-electron chi connectivity index (χ4n) is 8.94. The molecule has 15 nitrogen and oxygen atoms in total. The maximum absolute atomic E-state index is 15.1. The van der Waals surface area contributed by atoms with Crippen molar-refractivity contribution in [3.8, 4) is 0 Å². The Morgan fingerprint density at radius 1 is 0.293 bits per heavy atom. The van der Waals surface area contributed by atoms with E-state index in [1.807, 2.05) is 52.0 Å². The Labute approximate surface area is 432 Å². The molecule has 0 atom stereocenters. The number of nitrogens with one attached hydrogen (secondary N) is 7. The monoisotopic (exact) mass is 999 g/mol. The van der Waals surface area contributed by atoms with Gasteiger partial charge in [0.2, 0.25) is 0 Å². The molecule has 15 heteroatoms. The highest BCUT2D eigenvalue weighted by molar-refractivity contribution is 6.31. The third kappa shape index (κ3) is 11.3. The minimum absolute atomic E-state index is 0.0398. The van der Waals surface area contributed by atoms with Crippen molar-refractivity contribution in [3.05, 3.63) is 212 Å². The predicted octanol–water partition coefficient (Wildman–Crippen LogP) is 10.3. The number of amides is 8. The molecule has 0 saturated carbocycles. The first-order valence-electron chi connectivity index (χ1n) is 24.2. The van der Waals surface area contributed by atoms with E-state index in [9.17, 15) is 28.8 Å². The van der Waals surface area contributed by atoms with Gasteiger partial charge < -0.3 is 31.9 Å². The van der Waals surface area contributed by atoms with Crippen molar-refractivity contribution >= 4 is 91.6 Å². The SMILES string of the molecule is CCNC(=O)c1ccc(C(=O)NC(=O)c2ccc(C(=O)NCC)c3c(C(=O)Nc4cccc(C)c4)ccc(C(=O)Nc4cccc(C)c4)c23)c2c(C(=O)Nc3cccc(C)c3)ccc(C(=O)Nc3cccc(C)c3)c12. The Balaban J connectivity index is 1.32. The Bertz CT molecular complexity index is 3440. The van der Waals surface area contributed by atoms with Crippen molar-refractivity contribution < 1.29 is 38.4 Å². The summed E-state index contributed by atoms with van der Waals surface area (Å²) in [5.41, 5.74) is 4.18. The number of hydrogen-bond donors (Lipinski definition) is 7. The van der Waals surface area contributed by atoms with E-state index < -0.39 is 47.3 Å². The van der Waals surface area contributed by atoms with Crippen molar-refractivity contribution in [2.75, 3.05) is 34.4 Å². The minimum atomic E-state index is -1.06. The lowest BCUT2D eigenvalue weighted by Gasteiger charge is -2.19. The molecule has 8 rings (SSSR count). The normalized spacial score (nSPS) is 10.8. The van der Waals surface area contributed by atoms with Crippen LogP contribution in [0.2, 0.25) is 0 Å². The summed E-state index contributed by atoms with van der Waals surface area (Å²) in [6.07, 6.45) is 0. The summed E-state index contributed by atoms with van der Waals surface area (Å²) in [7, 11) is 0. The molecule has 0 fully saturated rings. The second-order valence-electron chi connectivity index (χ2n) is 17.9. The zero-order valence-corrected chi connectivity index (χ0v) is 42.0. The number of fused-ring (bicyclic) bond motifs is 2. The summed E-state index contributed by atoms with van der Waals surface area (Å²) >= 11 is 0. The molecular formula is C60H53N7O8. The van der Waals surface area contributed by atoms with Gasteiger partial charge >= 0.3 is 0 Å². The molecule has 376 valence electrons. The average Bonchev–Trinajstić information content (AvgIpc) is 3.37. The fourth-order valence-corrected chi connectivity index (χ4v) is 8.94. The van der Waals surface area contributed by atoms with Crippen LogP contribution in [0.1, 0.15) is 119 Å². The fraction of sp³-hybridized carbons (Fsp3) is 0.133. The zero-order valence-electron chi connectivity index (χ0n) is 42.0. The van der Waals surface area contributed by atoms with Crippen molar-refractivity contribution in [1.82, 2.24) is 16.0 Å². The van der Waals surface area contributed by atoms with E-state index in [0.717, 1.165) is 22.3 Å². The lowest BCUT2D eigenvalue weighted by Crippen LogP contribution is -2.32. The molecule has 0 heterocycles. The summed E-state index contributed by atoms with van der Waals surface area (Å²) in [6, 6.07) is 38.9. The van der Waals surface area contributed by atoms with Crippen LogP contribution in [-0.4, -0.2) is 60.3 Å². The Hall–Kier alpha value is -9.76. The Morgan fingerprint density at radius 2 is 0.507 bits per heavy atom. The number of carbonyl (C=O) groups is 8. The maximum atomic E-state index is 15.1. The van der Waals surface area contributed by atoms with E-state index in [0.29, 0.717) is 22.7 Å². The third-order valence-electron chi connectivity index (χ3n) is 12.3. The summed E-state index contributed by atoms with van der Waals surface area (Å²) in [6.45, 7) is 11.2. The van der Waals surface area contributed by atoms with Crippen LogP contribution >= 0.6 is 0 Å². The van der Waals surface area contributed by atoms with Gasteiger partial charge in [-0.1, -0.05) is 48.5 Å². The molecule has 8 aromatic carbocycles. The standard InChI is InChI=1S/C60H53N7O8/c1-7-61-53(68)41-21-23-47(51-45(57(72)65-39-19-11-15-35(5)31-39)27-25-43(49(41)51)55(70)63-37-17-9-13-33(3)29-37)59(74)67-60(75)48-24-22-42(54(69)62-8-2)50-44(56(71)64-38-18-10-14-34(4)30-38)26-28-46(52(48)50)58(73)66-40-20-12-16-36(6)32-40/h9-32H,7-8H2,1-6H3,(H,61,68)(H,62,69)(H,63,70)(H,64,71)(H,65,72)(H,66,73)(H,67,74,75). The van der Waals surface area contributed by atoms with Crippen molar-refractivity contribution in [3.63, 3.8) is 0 Å². The molecule has 0 saturated heterocycles. The first-order valence-corrected chi connectivity index (χ1v) is 24.2. The van der Waals surface area contributed by atoms with Crippen LogP contribution < -0.4 is 37.2 Å². The van der Waals surface area contributed by atoms with E-state index in [-0.39, 0.29) is 79.1 Å². The van der Waals surface area contributed by atoms with Gasteiger partial charge in [-0.25, -0.2) is 0 Å². The van der Waals surface area contributed by atoms with Gasteiger partial charge in [0.05, 0.1) is 0 Å². The van der Waals surface area contributed by atoms with Crippen LogP contribution in [-0.2, 0) is 0 Å². The molecule has 0 aliphatic rings. The smallest absolute Gasteiger partial charge is 0.258 e. The molecule has 0 unspecified atom stereocenters. The van der Waals surface area contributed by atoms with Gasteiger partial charge in [-0.15, -0.1) is 0 Å². The van der Waals surface area contributed by atoms with Crippen LogP contribution in [0.25, 0.3) is 21.5 Å². The predicted molar refractivity (Wildman–Crippen MR) is 292 cm³/mol. The maximum Gasteiger partial charge on any atom is 0.258 e. The minimum Gasteiger partial charge on any atom is -0.352 e. The molecule has 75 heavy (non-hydrogen) atoms. The van der Waals surface area contributed by atoms with Crippen LogP contribution in [0, 0.1) is 27.7 Å². The molecule has 0 radical (unpaired) electrons. The first kappa shape index (κ1) is 51.6. The molecule has 8 amide bonds. The van der Waals surface area contributed by atoms with E-state index in [1.165, 1.54) is 48.5 Å². The van der Waals surface area contributed by atoms with Crippen LogP contribution in [0.4, 0.5) is 22.7 Å².